The molecule has 0 radical (unpaired) electrons. The average molecular weight is 365 g/mol. The van der Waals surface area contributed by atoms with Crippen LogP contribution in [0.2, 0.25) is 0 Å². The van der Waals surface area contributed by atoms with Crippen molar-refractivity contribution in [2.24, 2.45) is 11.8 Å². The number of ether oxygens (including phenoxy) is 1. The molecule has 2 rings (SSSR count). The fraction of sp³-hybridized carbons (Fsp3) is 0.762. The summed E-state index contributed by atoms with van der Waals surface area (Å²) in [6.07, 6.45) is 12.9. The molecule has 0 spiro atoms. The zero-order valence-corrected chi connectivity index (χ0v) is 15.8. The second-order valence-corrected chi connectivity index (χ2v) is 7.64. The number of rotatable bonds is 11. The Balaban J connectivity index is 1.79. The number of unbranched alkanes of at least 4 members (excludes halogenated alkanes) is 4. The molecule has 2 fully saturated rings. The zero-order valence-electron chi connectivity index (χ0n) is 15.8. The van der Waals surface area contributed by atoms with E-state index in [0.717, 1.165) is 50.7 Å². The van der Waals surface area contributed by atoms with E-state index in [1.807, 2.05) is 12.2 Å². The van der Waals surface area contributed by atoms with Gasteiger partial charge < -0.3 is 24.9 Å². The standard InChI is InChI=1S/C21H34O5/c1-2-3-5-8-15(22)11-12-17-18-13-16(26-20(18)14-19(17)23)9-6-4-7-10-21(24)25/h9,11-12,15,17-20,22-23H,2-8,10,13-14H2,1H3,(H,24,25)/p-1. The highest BCUT2D eigenvalue weighted by atomic mass is 16.5. The lowest BCUT2D eigenvalue weighted by atomic mass is 9.90. The van der Waals surface area contributed by atoms with Crippen LogP contribution in [0.25, 0.3) is 0 Å². The molecule has 2 N–H and O–H groups in total. The molecule has 5 nitrogen and oxygen atoms in total. The summed E-state index contributed by atoms with van der Waals surface area (Å²) in [7, 11) is 0. The monoisotopic (exact) mass is 365 g/mol. The Bertz CT molecular complexity index is 499. The quantitative estimate of drug-likeness (QED) is 0.434. The third kappa shape index (κ3) is 6.44. The average Bonchev–Trinajstić information content (AvgIpc) is 3.09. The second-order valence-electron chi connectivity index (χ2n) is 7.64. The van der Waals surface area contributed by atoms with Crippen LogP contribution in [0.4, 0.5) is 0 Å². The molecular formula is C21H33O5-. The molecule has 5 unspecified atom stereocenters. The Hall–Kier alpha value is -1.33. The molecule has 5 atom stereocenters. The van der Waals surface area contributed by atoms with Gasteiger partial charge in [0.15, 0.2) is 0 Å². The van der Waals surface area contributed by atoms with Gasteiger partial charge in [-0.2, -0.15) is 0 Å². The van der Waals surface area contributed by atoms with Crippen molar-refractivity contribution in [1.82, 2.24) is 0 Å². The highest BCUT2D eigenvalue weighted by Gasteiger charge is 2.46. The van der Waals surface area contributed by atoms with Crippen molar-refractivity contribution in [3.63, 3.8) is 0 Å². The number of aliphatic hydroxyl groups excluding tert-OH is 2. The van der Waals surface area contributed by atoms with Crippen LogP contribution in [-0.4, -0.2) is 34.5 Å². The van der Waals surface area contributed by atoms with Crippen molar-refractivity contribution in [1.29, 1.82) is 0 Å². The molecule has 1 heterocycles. The van der Waals surface area contributed by atoms with E-state index >= 15 is 0 Å². The number of allylic oxidation sites excluding steroid dienone is 2. The number of hydrogen-bond acceptors (Lipinski definition) is 5. The van der Waals surface area contributed by atoms with Gasteiger partial charge in [0.05, 0.1) is 18.0 Å². The summed E-state index contributed by atoms with van der Waals surface area (Å²) < 4.78 is 5.98. The number of carbonyl (C=O) groups is 1. The normalized spacial score (nSPS) is 30.7. The van der Waals surface area contributed by atoms with Gasteiger partial charge in [-0.15, -0.1) is 0 Å². The highest BCUT2D eigenvalue weighted by molar-refractivity contribution is 5.64. The summed E-state index contributed by atoms with van der Waals surface area (Å²) in [6.45, 7) is 2.14. The van der Waals surface area contributed by atoms with Gasteiger partial charge in [-0.3, -0.25) is 0 Å². The fourth-order valence-corrected chi connectivity index (χ4v) is 4.02. The highest BCUT2D eigenvalue weighted by Crippen LogP contribution is 2.45. The summed E-state index contributed by atoms with van der Waals surface area (Å²) in [6, 6.07) is 0. The molecule has 0 aromatic rings. The van der Waals surface area contributed by atoms with Crippen LogP contribution in [-0.2, 0) is 9.53 Å². The van der Waals surface area contributed by atoms with Gasteiger partial charge in [0.25, 0.3) is 0 Å². The van der Waals surface area contributed by atoms with E-state index in [2.05, 4.69) is 13.0 Å². The SMILES string of the molecule is CCCCCC(O)C=CC1C(O)CC2OC(=CCCCCC(=O)[O-])CC21. The molecule has 26 heavy (non-hydrogen) atoms. The van der Waals surface area contributed by atoms with Gasteiger partial charge in [-0.25, -0.2) is 0 Å². The summed E-state index contributed by atoms with van der Waals surface area (Å²) in [5, 5.41) is 30.8. The largest absolute Gasteiger partial charge is 0.550 e. The third-order valence-electron chi connectivity index (χ3n) is 5.50. The number of carboxylic acids is 1. The van der Waals surface area contributed by atoms with Gasteiger partial charge in [0.1, 0.15) is 6.10 Å². The first-order valence-electron chi connectivity index (χ1n) is 10.1. The predicted octanol–water partition coefficient (Wildman–Crippen LogP) is 2.46. The lowest BCUT2D eigenvalue weighted by molar-refractivity contribution is -0.305. The van der Waals surface area contributed by atoms with Gasteiger partial charge in [-0.1, -0.05) is 38.3 Å². The lowest BCUT2D eigenvalue weighted by Gasteiger charge is -2.16. The van der Waals surface area contributed by atoms with Crippen LogP contribution in [0.15, 0.2) is 24.0 Å². The third-order valence-corrected chi connectivity index (χ3v) is 5.50. The number of aliphatic hydroxyl groups is 2. The van der Waals surface area contributed by atoms with E-state index in [0.29, 0.717) is 12.8 Å². The molecule has 148 valence electrons. The van der Waals surface area contributed by atoms with Crippen molar-refractivity contribution in [2.75, 3.05) is 0 Å². The summed E-state index contributed by atoms with van der Waals surface area (Å²) >= 11 is 0. The lowest BCUT2D eigenvalue weighted by Crippen LogP contribution is -2.21. The second kappa shape index (κ2) is 10.7. The number of carbonyl (C=O) groups excluding carboxylic acids is 1. The first-order valence-corrected chi connectivity index (χ1v) is 10.1. The van der Waals surface area contributed by atoms with E-state index in [4.69, 9.17) is 4.74 Å². The van der Waals surface area contributed by atoms with E-state index in [1.54, 1.807) is 0 Å². The Labute approximate surface area is 156 Å². The van der Waals surface area contributed by atoms with Crippen LogP contribution in [0.3, 0.4) is 0 Å². The number of hydrogen-bond donors (Lipinski definition) is 2. The van der Waals surface area contributed by atoms with Crippen molar-refractivity contribution in [3.05, 3.63) is 24.0 Å². The van der Waals surface area contributed by atoms with E-state index < -0.39 is 18.2 Å². The fourth-order valence-electron chi connectivity index (χ4n) is 4.02. The maximum atomic E-state index is 10.4. The molecule has 5 heteroatoms. The molecule has 2 aliphatic rings. The van der Waals surface area contributed by atoms with Gasteiger partial charge in [0.2, 0.25) is 0 Å². The number of carboxylic acid groups (broad SMARTS) is 1. The van der Waals surface area contributed by atoms with Crippen molar-refractivity contribution < 1.29 is 24.9 Å². The molecule has 0 bridgehead atoms. The molecule has 1 aliphatic carbocycles. The first-order chi connectivity index (χ1) is 12.5. The van der Waals surface area contributed by atoms with Crippen LogP contribution >= 0.6 is 0 Å². The van der Waals surface area contributed by atoms with Crippen molar-refractivity contribution in [3.8, 4) is 0 Å². The molecule has 0 aromatic carbocycles. The van der Waals surface area contributed by atoms with Gasteiger partial charge in [-0.05, 0) is 38.2 Å². The molecular weight excluding hydrogens is 332 g/mol. The van der Waals surface area contributed by atoms with Crippen LogP contribution in [0, 0.1) is 11.8 Å². The van der Waals surface area contributed by atoms with E-state index in [-0.39, 0.29) is 24.4 Å². The Kier molecular flexibility index (Phi) is 8.66. The van der Waals surface area contributed by atoms with Crippen LogP contribution in [0.1, 0.15) is 71.1 Å². The molecule has 1 saturated carbocycles. The van der Waals surface area contributed by atoms with Crippen LogP contribution in [0.5, 0.6) is 0 Å². The summed E-state index contributed by atoms with van der Waals surface area (Å²) in [5.74, 6) is 0.260. The Morgan fingerprint density at radius 3 is 2.88 bits per heavy atom. The number of fused-ring (bicyclic) bond motifs is 1. The van der Waals surface area contributed by atoms with E-state index in [9.17, 15) is 20.1 Å². The molecule has 0 aromatic heterocycles. The minimum atomic E-state index is -0.996. The molecule has 0 amide bonds. The maximum Gasteiger partial charge on any atom is 0.105 e. The minimum absolute atomic E-state index is 0.0322. The minimum Gasteiger partial charge on any atom is -0.550 e. The predicted molar refractivity (Wildman–Crippen MR) is 97.9 cm³/mol. The number of aliphatic carboxylic acids is 1. The Morgan fingerprint density at radius 1 is 1.35 bits per heavy atom. The maximum absolute atomic E-state index is 10.4. The van der Waals surface area contributed by atoms with E-state index in [1.165, 1.54) is 0 Å². The summed E-state index contributed by atoms with van der Waals surface area (Å²) in [5.41, 5.74) is 0. The van der Waals surface area contributed by atoms with Crippen molar-refractivity contribution >= 4 is 5.97 Å². The smallest absolute Gasteiger partial charge is 0.105 e. The summed E-state index contributed by atoms with van der Waals surface area (Å²) in [4.78, 5) is 10.4. The van der Waals surface area contributed by atoms with Crippen LogP contribution < -0.4 is 5.11 Å². The van der Waals surface area contributed by atoms with Gasteiger partial charge >= 0.3 is 0 Å². The van der Waals surface area contributed by atoms with Gasteiger partial charge in [0, 0.05) is 30.6 Å². The topological polar surface area (TPSA) is 89.8 Å². The first kappa shape index (κ1) is 21.0. The van der Waals surface area contributed by atoms with Crippen molar-refractivity contribution in [2.45, 2.75) is 89.4 Å². The molecule has 1 saturated heterocycles. The Morgan fingerprint density at radius 2 is 2.15 bits per heavy atom. The molecule has 1 aliphatic heterocycles. The zero-order chi connectivity index (χ0) is 18.9.